The molecule has 0 radical (unpaired) electrons. The summed E-state index contributed by atoms with van der Waals surface area (Å²) in [5.74, 6) is 0. The summed E-state index contributed by atoms with van der Waals surface area (Å²) < 4.78 is 70.7. The molecule has 0 bridgehead atoms. The second-order valence-electron chi connectivity index (χ2n) is 2.85. The van der Waals surface area contributed by atoms with E-state index in [0.717, 1.165) is 0 Å². The molecule has 1 aromatic carbocycles. The maximum Gasteiger partial charge on any atom is 0.0981 e. The molecule has 0 spiro atoms. The summed E-state index contributed by atoms with van der Waals surface area (Å²) in [6.07, 6.45) is -2.75. The molecule has 1 aromatic rings. The summed E-state index contributed by atoms with van der Waals surface area (Å²) in [5.41, 5.74) is -1.11. The standard InChI is InChI=1S/C13H10O/c14-13-7-3-6-11-10-5-2-1-4-9(10)8-12(11)13/h1-8,13-14H/i1D,2D,3D,4D,5D,6D,7D,8D,13D. The molecule has 0 saturated heterocycles. The molecule has 3 rings (SSSR count). The van der Waals surface area contributed by atoms with Crippen LogP contribution in [0.25, 0.3) is 11.6 Å². The first-order valence-corrected chi connectivity index (χ1v) is 3.97. The van der Waals surface area contributed by atoms with Gasteiger partial charge in [0, 0.05) is 0 Å². The summed E-state index contributed by atoms with van der Waals surface area (Å²) in [6.45, 7) is 0. The third-order valence-corrected chi connectivity index (χ3v) is 2.04. The van der Waals surface area contributed by atoms with Crippen LogP contribution in [-0.4, -0.2) is 11.2 Å². The first kappa shape index (κ1) is 2.94. The molecule has 1 unspecified atom stereocenters. The molecule has 1 N–H and O–H groups in total. The molecule has 0 amide bonds. The smallest absolute Gasteiger partial charge is 0.0981 e. The molecule has 0 fully saturated rings. The van der Waals surface area contributed by atoms with Gasteiger partial charge in [0.25, 0.3) is 0 Å². The lowest BCUT2D eigenvalue weighted by atomic mass is 9.95. The lowest BCUT2D eigenvalue weighted by Gasteiger charge is -2.13. The summed E-state index contributed by atoms with van der Waals surface area (Å²) in [7, 11) is 0. The molecule has 1 heteroatoms. The van der Waals surface area contributed by atoms with Gasteiger partial charge in [-0.3, -0.25) is 0 Å². The minimum Gasteiger partial charge on any atom is -0.384 e. The molecule has 0 heterocycles. The van der Waals surface area contributed by atoms with Crippen LogP contribution in [0.1, 0.15) is 23.5 Å². The first-order chi connectivity index (χ1) is 10.5. The van der Waals surface area contributed by atoms with E-state index in [4.69, 9.17) is 12.3 Å². The summed E-state index contributed by atoms with van der Waals surface area (Å²) in [5, 5.41) is 10.3. The highest BCUT2D eigenvalue weighted by molar-refractivity contribution is 5.96. The lowest BCUT2D eigenvalue weighted by molar-refractivity contribution is 0.265. The van der Waals surface area contributed by atoms with Crippen LogP contribution in [0.5, 0.6) is 0 Å². The van der Waals surface area contributed by atoms with Crippen molar-refractivity contribution in [1.82, 2.24) is 0 Å². The van der Waals surface area contributed by atoms with Crippen molar-refractivity contribution in [2.45, 2.75) is 6.08 Å². The SMILES string of the molecule is [2H]C1=C2C(=C([2H])c3c([2H])c([2H])c([2H])c([2H])c32)C([2H])(O)C([2H])=C1[2H]. The Kier molecular flexibility index (Phi) is 0.566. The topological polar surface area (TPSA) is 20.2 Å². The van der Waals surface area contributed by atoms with Crippen LogP contribution >= 0.6 is 0 Å². The van der Waals surface area contributed by atoms with Crippen LogP contribution in [0.3, 0.4) is 0 Å². The van der Waals surface area contributed by atoms with Crippen LogP contribution in [-0.2, 0) is 0 Å². The zero-order valence-corrected chi connectivity index (χ0v) is 6.95. The molecular formula is C13H10O. The normalized spacial score (nSPS) is 39.6. The fourth-order valence-corrected chi connectivity index (χ4v) is 1.42. The van der Waals surface area contributed by atoms with Gasteiger partial charge in [0.15, 0.2) is 0 Å². The summed E-state index contributed by atoms with van der Waals surface area (Å²) in [4.78, 5) is 0. The molecular weight excluding hydrogens is 172 g/mol. The molecule has 1 nitrogen and oxygen atoms in total. The van der Waals surface area contributed by atoms with Crippen molar-refractivity contribution in [3.63, 3.8) is 0 Å². The zero-order chi connectivity index (χ0) is 17.4. The fraction of sp³-hybridized carbons (Fsp3) is 0.0769. The van der Waals surface area contributed by atoms with Gasteiger partial charge in [-0.1, -0.05) is 42.3 Å². The van der Waals surface area contributed by atoms with Crippen molar-refractivity contribution >= 4 is 11.6 Å². The monoisotopic (exact) mass is 191 g/mol. The highest BCUT2D eigenvalue weighted by atomic mass is 16.3. The fourth-order valence-electron chi connectivity index (χ4n) is 1.42. The van der Waals surface area contributed by atoms with E-state index in [2.05, 4.69) is 0 Å². The Labute approximate surface area is 95.3 Å². The first-order valence-electron chi connectivity index (χ1n) is 8.47. The summed E-state index contributed by atoms with van der Waals surface area (Å²) >= 11 is 0. The number of allylic oxidation sites excluding steroid dienone is 2. The predicted octanol–water partition coefficient (Wildman–Crippen LogP) is 2.40. The van der Waals surface area contributed by atoms with Crippen LogP contribution in [0.4, 0.5) is 0 Å². The Morgan fingerprint density at radius 2 is 2.21 bits per heavy atom. The minimum atomic E-state index is -2.75. The van der Waals surface area contributed by atoms with Crippen molar-refractivity contribution in [2.75, 3.05) is 0 Å². The number of fused-ring (bicyclic) bond motifs is 3. The van der Waals surface area contributed by atoms with Crippen molar-refractivity contribution in [3.05, 3.63) is 59.0 Å². The Hall–Kier alpha value is -1.60. The van der Waals surface area contributed by atoms with Crippen molar-refractivity contribution < 1.29 is 17.4 Å². The van der Waals surface area contributed by atoms with Gasteiger partial charge in [-0.2, -0.15) is 0 Å². The average Bonchev–Trinajstić information content (AvgIpc) is 2.81. The van der Waals surface area contributed by atoms with Gasteiger partial charge in [0.2, 0.25) is 0 Å². The van der Waals surface area contributed by atoms with E-state index in [-0.39, 0.29) is 16.7 Å². The largest absolute Gasteiger partial charge is 0.384 e. The van der Waals surface area contributed by atoms with Gasteiger partial charge in [-0.05, 0) is 28.3 Å². The molecule has 0 aliphatic heterocycles. The molecule has 68 valence electrons. The maximum atomic E-state index is 10.3. The Morgan fingerprint density at radius 3 is 3.14 bits per heavy atom. The van der Waals surface area contributed by atoms with Gasteiger partial charge in [-0.25, -0.2) is 0 Å². The van der Waals surface area contributed by atoms with E-state index >= 15 is 0 Å². The third-order valence-electron chi connectivity index (χ3n) is 2.04. The Morgan fingerprint density at radius 1 is 1.36 bits per heavy atom. The highest BCUT2D eigenvalue weighted by Crippen LogP contribution is 2.38. The van der Waals surface area contributed by atoms with Crippen LogP contribution < -0.4 is 0 Å². The molecule has 0 saturated carbocycles. The highest BCUT2D eigenvalue weighted by Gasteiger charge is 2.23. The van der Waals surface area contributed by atoms with E-state index in [1.807, 2.05) is 0 Å². The number of hydrogen-bond donors (Lipinski definition) is 1. The summed E-state index contributed by atoms with van der Waals surface area (Å²) in [6, 6.07) is -4.80. The van der Waals surface area contributed by atoms with Gasteiger partial charge in [0.05, 0.1) is 18.4 Å². The van der Waals surface area contributed by atoms with Crippen LogP contribution in [0.2, 0.25) is 0 Å². The molecule has 1 atom stereocenters. The third kappa shape index (κ3) is 0.932. The van der Waals surface area contributed by atoms with Crippen LogP contribution in [0.15, 0.2) is 47.9 Å². The van der Waals surface area contributed by atoms with E-state index in [9.17, 15) is 5.11 Å². The van der Waals surface area contributed by atoms with Gasteiger partial charge < -0.3 is 5.11 Å². The van der Waals surface area contributed by atoms with Crippen molar-refractivity contribution in [1.29, 1.82) is 0 Å². The number of hydrogen-bond acceptors (Lipinski definition) is 1. The molecule has 14 heavy (non-hydrogen) atoms. The van der Waals surface area contributed by atoms with Crippen LogP contribution in [0, 0.1) is 0 Å². The van der Waals surface area contributed by atoms with E-state index in [0.29, 0.717) is 0 Å². The van der Waals surface area contributed by atoms with Gasteiger partial charge >= 0.3 is 0 Å². The molecule has 2 aliphatic rings. The number of benzene rings is 1. The number of aliphatic hydroxyl groups is 1. The predicted molar refractivity (Wildman–Crippen MR) is 57.5 cm³/mol. The van der Waals surface area contributed by atoms with E-state index in [1.54, 1.807) is 0 Å². The Bertz CT molecular complexity index is 876. The van der Waals surface area contributed by atoms with Gasteiger partial charge in [-0.15, -0.1) is 0 Å². The quantitative estimate of drug-likeness (QED) is 0.667. The maximum absolute atomic E-state index is 10.3. The van der Waals surface area contributed by atoms with E-state index in [1.165, 1.54) is 0 Å². The zero-order valence-electron chi connectivity index (χ0n) is 15.9. The second kappa shape index (κ2) is 2.69. The average molecular weight is 191 g/mol. The van der Waals surface area contributed by atoms with E-state index < -0.39 is 60.0 Å². The number of rotatable bonds is 0. The molecule has 0 aromatic heterocycles. The van der Waals surface area contributed by atoms with Crippen molar-refractivity contribution in [3.8, 4) is 0 Å². The second-order valence-corrected chi connectivity index (χ2v) is 2.85. The lowest BCUT2D eigenvalue weighted by Crippen LogP contribution is -2.08. The molecule has 2 aliphatic carbocycles. The van der Waals surface area contributed by atoms with Gasteiger partial charge in [0.1, 0.15) is 0 Å². The minimum absolute atomic E-state index is 0.177. The Balaban J connectivity index is 2.55. The van der Waals surface area contributed by atoms with Crippen molar-refractivity contribution in [2.24, 2.45) is 0 Å².